The molecule has 0 aliphatic heterocycles. The molecule has 3 aliphatic rings. The Balaban J connectivity index is 1.93. The number of aliphatic hydroxyl groups is 1. The van der Waals surface area contributed by atoms with Crippen LogP contribution in [0.4, 0.5) is 0 Å². The first kappa shape index (κ1) is 16.8. The summed E-state index contributed by atoms with van der Waals surface area (Å²) in [5.74, 6) is 2.37. The van der Waals surface area contributed by atoms with Crippen molar-refractivity contribution in [2.75, 3.05) is 0 Å². The highest BCUT2D eigenvalue weighted by Gasteiger charge is 2.60. The summed E-state index contributed by atoms with van der Waals surface area (Å²) in [7, 11) is 0. The first-order valence-electron chi connectivity index (χ1n) is 9.93. The van der Waals surface area contributed by atoms with Crippen molar-refractivity contribution in [1.82, 2.24) is 0 Å². The number of hydrogen-bond acceptors (Lipinski definition) is 1. The highest BCUT2D eigenvalue weighted by Crippen LogP contribution is 2.68. The SMILES string of the molecule is CC[C@@]12CCC3C(C)(C)CCC[C@@]3(C)C1CC[C@H](C(C)O)C2. The first-order valence-corrected chi connectivity index (χ1v) is 9.93. The third-order valence-corrected chi connectivity index (χ3v) is 8.62. The fourth-order valence-corrected chi connectivity index (χ4v) is 7.47. The minimum absolute atomic E-state index is 0.113. The lowest BCUT2D eigenvalue weighted by molar-refractivity contribution is -0.164. The maximum Gasteiger partial charge on any atom is 0.0540 e. The second kappa shape index (κ2) is 5.50. The molecule has 3 saturated carbocycles. The van der Waals surface area contributed by atoms with E-state index < -0.39 is 0 Å². The van der Waals surface area contributed by atoms with Crippen LogP contribution >= 0.6 is 0 Å². The lowest BCUT2D eigenvalue weighted by Gasteiger charge is -2.65. The molecule has 0 heterocycles. The van der Waals surface area contributed by atoms with Gasteiger partial charge in [-0.1, -0.05) is 40.5 Å². The van der Waals surface area contributed by atoms with Crippen molar-refractivity contribution in [1.29, 1.82) is 0 Å². The molecule has 0 aromatic rings. The third-order valence-electron chi connectivity index (χ3n) is 8.62. The largest absolute Gasteiger partial charge is 0.393 e. The van der Waals surface area contributed by atoms with Crippen LogP contribution in [0.5, 0.6) is 0 Å². The molecule has 0 saturated heterocycles. The van der Waals surface area contributed by atoms with E-state index in [9.17, 15) is 5.11 Å². The zero-order valence-corrected chi connectivity index (χ0v) is 15.6. The molecule has 3 fully saturated rings. The van der Waals surface area contributed by atoms with Crippen molar-refractivity contribution in [2.24, 2.45) is 34.0 Å². The molecule has 1 nitrogen and oxygen atoms in total. The molecule has 0 spiro atoms. The molecule has 1 N–H and O–H groups in total. The standard InChI is InChI=1S/C21H38O/c1-6-21-13-10-17-19(3,4)11-7-12-20(17,5)18(21)9-8-16(14-21)15(2)22/h15-18,22H,6-14H2,1-5H3/t15?,16-,17?,18?,20+,21-/m0/s1. The fourth-order valence-electron chi connectivity index (χ4n) is 7.47. The van der Waals surface area contributed by atoms with Crippen LogP contribution in [0.3, 0.4) is 0 Å². The van der Waals surface area contributed by atoms with Gasteiger partial charge in [0.05, 0.1) is 6.10 Å². The Labute approximate surface area is 138 Å². The zero-order chi connectivity index (χ0) is 16.2. The van der Waals surface area contributed by atoms with Gasteiger partial charge in [0.1, 0.15) is 0 Å². The maximum atomic E-state index is 10.2. The van der Waals surface area contributed by atoms with Gasteiger partial charge < -0.3 is 5.11 Å². The quantitative estimate of drug-likeness (QED) is 0.683. The van der Waals surface area contributed by atoms with E-state index in [2.05, 4.69) is 27.7 Å². The van der Waals surface area contributed by atoms with Crippen molar-refractivity contribution < 1.29 is 5.11 Å². The van der Waals surface area contributed by atoms with Crippen LogP contribution in [0.2, 0.25) is 0 Å². The highest BCUT2D eigenvalue weighted by molar-refractivity contribution is 5.09. The van der Waals surface area contributed by atoms with Crippen molar-refractivity contribution in [3.05, 3.63) is 0 Å². The molecule has 3 unspecified atom stereocenters. The van der Waals surface area contributed by atoms with Gasteiger partial charge in [0.2, 0.25) is 0 Å². The molecule has 0 aromatic carbocycles. The van der Waals surface area contributed by atoms with E-state index in [0.29, 0.717) is 22.2 Å². The van der Waals surface area contributed by atoms with Crippen LogP contribution in [-0.2, 0) is 0 Å². The third kappa shape index (κ3) is 2.38. The van der Waals surface area contributed by atoms with E-state index >= 15 is 0 Å². The van der Waals surface area contributed by atoms with Gasteiger partial charge in [-0.3, -0.25) is 0 Å². The summed E-state index contributed by atoms with van der Waals surface area (Å²) in [6.45, 7) is 12.2. The minimum atomic E-state index is -0.113. The minimum Gasteiger partial charge on any atom is -0.393 e. The number of aliphatic hydroxyl groups excluding tert-OH is 1. The topological polar surface area (TPSA) is 20.2 Å². The van der Waals surface area contributed by atoms with E-state index in [1.165, 1.54) is 57.8 Å². The molecule has 0 aromatic heterocycles. The molecular formula is C21H38O. The van der Waals surface area contributed by atoms with Crippen LogP contribution in [-0.4, -0.2) is 11.2 Å². The molecule has 0 amide bonds. The second-order valence-electron chi connectivity index (χ2n) is 9.99. The lowest BCUT2D eigenvalue weighted by Crippen LogP contribution is -2.57. The van der Waals surface area contributed by atoms with Gasteiger partial charge in [0.25, 0.3) is 0 Å². The normalized spacial score (nSPS) is 49.1. The van der Waals surface area contributed by atoms with E-state index in [0.717, 1.165) is 11.8 Å². The Morgan fingerprint density at radius 2 is 1.73 bits per heavy atom. The fraction of sp³-hybridized carbons (Fsp3) is 1.00. The molecule has 3 aliphatic carbocycles. The van der Waals surface area contributed by atoms with Crippen molar-refractivity contribution >= 4 is 0 Å². The van der Waals surface area contributed by atoms with Crippen molar-refractivity contribution in [2.45, 2.75) is 98.5 Å². The lowest BCUT2D eigenvalue weighted by atomic mass is 9.39. The van der Waals surface area contributed by atoms with Gasteiger partial charge in [0.15, 0.2) is 0 Å². The average molecular weight is 307 g/mol. The van der Waals surface area contributed by atoms with E-state index in [1.54, 1.807) is 0 Å². The van der Waals surface area contributed by atoms with Crippen LogP contribution in [0.25, 0.3) is 0 Å². The highest BCUT2D eigenvalue weighted by atomic mass is 16.3. The predicted octanol–water partition coefficient (Wildman–Crippen LogP) is 5.81. The van der Waals surface area contributed by atoms with Gasteiger partial charge in [-0.25, -0.2) is 0 Å². The monoisotopic (exact) mass is 306 g/mol. The van der Waals surface area contributed by atoms with Crippen molar-refractivity contribution in [3.8, 4) is 0 Å². The molecule has 1 heteroatoms. The zero-order valence-electron chi connectivity index (χ0n) is 15.6. The van der Waals surface area contributed by atoms with Gasteiger partial charge in [-0.05, 0) is 85.9 Å². The Morgan fingerprint density at radius 3 is 2.36 bits per heavy atom. The van der Waals surface area contributed by atoms with Gasteiger partial charge in [-0.2, -0.15) is 0 Å². The molecule has 3 rings (SSSR count). The summed E-state index contributed by atoms with van der Waals surface area (Å²) in [4.78, 5) is 0. The molecule has 22 heavy (non-hydrogen) atoms. The van der Waals surface area contributed by atoms with Crippen LogP contribution in [0, 0.1) is 34.0 Å². The van der Waals surface area contributed by atoms with Crippen LogP contribution in [0.1, 0.15) is 92.4 Å². The second-order valence-corrected chi connectivity index (χ2v) is 9.99. The number of fused-ring (bicyclic) bond motifs is 3. The Hall–Kier alpha value is -0.0400. The Kier molecular flexibility index (Phi) is 4.20. The van der Waals surface area contributed by atoms with Crippen LogP contribution < -0.4 is 0 Å². The van der Waals surface area contributed by atoms with E-state index in [-0.39, 0.29) is 6.10 Å². The molecule has 0 radical (unpaired) electrons. The summed E-state index contributed by atoms with van der Waals surface area (Å²) in [6.07, 6.45) is 12.3. The Morgan fingerprint density at radius 1 is 1.00 bits per heavy atom. The Bertz CT molecular complexity index is 412. The molecule has 6 atom stereocenters. The number of hydrogen-bond donors (Lipinski definition) is 1. The van der Waals surface area contributed by atoms with E-state index in [4.69, 9.17) is 0 Å². The summed E-state index contributed by atoms with van der Waals surface area (Å²) < 4.78 is 0. The summed E-state index contributed by atoms with van der Waals surface area (Å²) in [6, 6.07) is 0. The van der Waals surface area contributed by atoms with Gasteiger partial charge >= 0.3 is 0 Å². The summed E-state index contributed by atoms with van der Waals surface area (Å²) in [5, 5.41) is 10.2. The maximum absolute atomic E-state index is 10.2. The molecule has 128 valence electrons. The number of rotatable bonds is 2. The van der Waals surface area contributed by atoms with Gasteiger partial charge in [0, 0.05) is 0 Å². The average Bonchev–Trinajstić information content (AvgIpc) is 2.45. The molecule has 0 bridgehead atoms. The predicted molar refractivity (Wildman–Crippen MR) is 93.7 cm³/mol. The smallest absolute Gasteiger partial charge is 0.0540 e. The first-order chi connectivity index (χ1) is 10.3. The molecular weight excluding hydrogens is 268 g/mol. The summed E-state index contributed by atoms with van der Waals surface area (Å²) >= 11 is 0. The van der Waals surface area contributed by atoms with Gasteiger partial charge in [-0.15, -0.1) is 0 Å². The van der Waals surface area contributed by atoms with E-state index in [1.807, 2.05) is 6.92 Å². The van der Waals surface area contributed by atoms with Crippen LogP contribution in [0.15, 0.2) is 0 Å². The van der Waals surface area contributed by atoms with Crippen molar-refractivity contribution in [3.63, 3.8) is 0 Å². The summed E-state index contributed by atoms with van der Waals surface area (Å²) in [5.41, 5.74) is 1.62.